The van der Waals surface area contributed by atoms with Gasteiger partial charge in [0.05, 0.1) is 0 Å². The van der Waals surface area contributed by atoms with Gasteiger partial charge in [-0.05, 0) is 42.4 Å². The summed E-state index contributed by atoms with van der Waals surface area (Å²) in [5.41, 5.74) is 2.18. The normalized spacial score (nSPS) is 19.3. The van der Waals surface area contributed by atoms with E-state index in [-0.39, 0.29) is 5.82 Å². The van der Waals surface area contributed by atoms with E-state index in [2.05, 4.69) is 13.0 Å². The zero-order valence-corrected chi connectivity index (χ0v) is 9.31. The van der Waals surface area contributed by atoms with Crippen LogP contribution in [0.2, 0.25) is 0 Å². The Morgan fingerprint density at radius 1 is 1.29 bits per heavy atom. The van der Waals surface area contributed by atoms with Crippen LogP contribution in [-0.4, -0.2) is 0 Å². The van der Waals surface area contributed by atoms with Crippen molar-refractivity contribution in [3.63, 3.8) is 0 Å². The van der Waals surface area contributed by atoms with Crippen molar-refractivity contribution in [1.29, 1.82) is 0 Å². The lowest BCUT2D eigenvalue weighted by Crippen LogP contribution is -2.08. The molecule has 1 aliphatic rings. The molecule has 1 aromatic rings. The van der Waals surface area contributed by atoms with Gasteiger partial charge in [0.25, 0.3) is 0 Å². The highest BCUT2D eigenvalue weighted by atomic mass is 19.1. The molecule has 1 heteroatoms. The Morgan fingerprint density at radius 2 is 2.00 bits per heavy atom. The van der Waals surface area contributed by atoms with Gasteiger partial charge in [0.1, 0.15) is 5.82 Å². The van der Waals surface area contributed by atoms with Crippen molar-refractivity contribution in [2.75, 3.05) is 0 Å². The number of benzene rings is 1. The summed E-state index contributed by atoms with van der Waals surface area (Å²) in [5.74, 6) is 0.531. The summed E-state index contributed by atoms with van der Waals surface area (Å²) in [6.07, 6.45) is 3.26. The van der Waals surface area contributed by atoms with Crippen molar-refractivity contribution in [3.8, 4) is 0 Å². The standard InChI is InChI=1S/C11H13F.C2H6/c1-8-4-2-6-10-9(8)5-3-7-11(10)12;1-2/h3,5,7-8H,2,4,6H2,1H3;1-2H3. The molecule has 0 saturated heterocycles. The number of halogens is 1. The molecule has 0 aromatic heterocycles. The Balaban J connectivity index is 0.000000461. The van der Waals surface area contributed by atoms with Crippen LogP contribution in [0, 0.1) is 5.82 Å². The van der Waals surface area contributed by atoms with Crippen molar-refractivity contribution in [2.24, 2.45) is 0 Å². The van der Waals surface area contributed by atoms with Crippen LogP contribution in [0.1, 0.15) is 50.7 Å². The molecule has 0 heterocycles. The van der Waals surface area contributed by atoms with E-state index in [9.17, 15) is 4.39 Å². The summed E-state index contributed by atoms with van der Waals surface area (Å²) < 4.78 is 13.2. The predicted molar refractivity (Wildman–Crippen MR) is 59.1 cm³/mol. The summed E-state index contributed by atoms with van der Waals surface area (Å²) in [6, 6.07) is 5.44. The smallest absolute Gasteiger partial charge is 0.126 e. The lowest BCUT2D eigenvalue weighted by atomic mass is 9.84. The summed E-state index contributed by atoms with van der Waals surface area (Å²) in [4.78, 5) is 0. The second-order valence-corrected chi connectivity index (χ2v) is 3.60. The minimum Gasteiger partial charge on any atom is -0.207 e. The maximum absolute atomic E-state index is 13.2. The largest absolute Gasteiger partial charge is 0.207 e. The molecule has 0 saturated carbocycles. The fourth-order valence-corrected chi connectivity index (χ4v) is 2.04. The van der Waals surface area contributed by atoms with Gasteiger partial charge >= 0.3 is 0 Å². The highest BCUT2D eigenvalue weighted by Gasteiger charge is 2.18. The second kappa shape index (κ2) is 5.14. The van der Waals surface area contributed by atoms with E-state index in [4.69, 9.17) is 0 Å². The van der Waals surface area contributed by atoms with Gasteiger partial charge < -0.3 is 0 Å². The molecule has 14 heavy (non-hydrogen) atoms. The van der Waals surface area contributed by atoms with Crippen LogP contribution in [0.3, 0.4) is 0 Å². The van der Waals surface area contributed by atoms with E-state index in [1.54, 1.807) is 6.07 Å². The van der Waals surface area contributed by atoms with Crippen LogP contribution < -0.4 is 0 Å². The highest BCUT2D eigenvalue weighted by molar-refractivity contribution is 5.33. The van der Waals surface area contributed by atoms with Crippen LogP contribution >= 0.6 is 0 Å². The molecule has 0 radical (unpaired) electrons. The fourth-order valence-electron chi connectivity index (χ4n) is 2.04. The lowest BCUT2D eigenvalue weighted by Gasteiger charge is -2.22. The van der Waals surface area contributed by atoms with E-state index in [1.165, 1.54) is 12.0 Å². The van der Waals surface area contributed by atoms with E-state index in [0.717, 1.165) is 18.4 Å². The van der Waals surface area contributed by atoms with Gasteiger partial charge in [0.15, 0.2) is 0 Å². The summed E-state index contributed by atoms with van der Waals surface area (Å²) >= 11 is 0. The fraction of sp³-hybridized carbons (Fsp3) is 0.538. The van der Waals surface area contributed by atoms with Crippen LogP contribution in [0.15, 0.2) is 18.2 Å². The van der Waals surface area contributed by atoms with Crippen LogP contribution in [0.5, 0.6) is 0 Å². The number of rotatable bonds is 0. The Kier molecular flexibility index (Phi) is 4.12. The third kappa shape index (κ3) is 2.14. The molecule has 0 aliphatic heterocycles. The first-order chi connectivity index (χ1) is 6.79. The summed E-state index contributed by atoms with van der Waals surface area (Å²) in [5, 5.41) is 0. The van der Waals surface area contributed by atoms with E-state index in [0.29, 0.717) is 5.92 Å². The van der Waals surface area contributed by atoms with E-state index < -0.39 is 0 Å². The predicted octanol–water partition coefficient (Wildman–Crippen LogP) is 4.29. The molecule has 0 nitrogen and oxygen atoms in total. The van der Waals surface area contributed by atoms with Gasteiger partial charge in [-0.1, -0.05) is 32.9 Å². The quantitative estimate of drug-likeness (QED) is 0.578. The monoisotopic (exact) mass is 194 g/mol. The van der Waals surface area contributed by atoms with Gasteiger partial charge in [-0.25, -0.2) is 4.39 Å². The van der Waals surface area contributed by atoms with Crippen molar-refractivity contribution in [1.82, 2.24) is 0 Å². The Labute approximate surface area is 86.2 Å². The molecule has 0 N–H and O–H groups in total. The molecular weight excluding hydrogens is 175 g/mol. The first-order valence-electron chi connectivity index (χ1n) is 5.56. The molecule has 2 rings (SSSR count). The van der Waals surface area contributed by atoms with Gasteiger partial charge in [0, 0.05) is 0 Å². The topological polar surface area (TPSA) is 0 Å². The third-order valence-corrected chi connectivity index (χ3v) is 2.75. The zero-order valence-electron chi connectivity index (χ0n) is 9.31. The molecule has 0 bridgehead atoms. The number of fused-ring (bicyclic) bond motifs is 1. The van der Waals surface area contributed by atoms with Crippen molar-refractivity contribution >= 4 is 0 Å². The third-order valence-electron chi connectivity index (χ3n) is 2.75. The highest BCUT2D eigenvalue weighted by Crippen LogP contribution is 2.32. The summed E-state index contributed by atoms with van der Waals surface area (Å²) in [7, 11) is 0. The average molecular weight is 194 g/mol. The van der Waals surface area contributed by atoms with Gasteiger partial charge in [-0.2, -0.15) is 0 Å². The Bertz CT molecular complexity index is 291. The van der Waals surface area contributed by atoms with Gasteiger partial charge in [0.2, 0.25) is 0 Å². The van der Waals surface area contributed by atoms with Gasteiger partial charge in [-0.3, -0.25) is 0 Å². The molecular formula is C13H19F. The molecule has 0 fully saturated rings. The molecule has 0 amide bonds. The maximum atomic E-state index is 13.2. The second-order valence-electron chi connectivity index (χ2n) is 3.60. The average Bonchev–Trinajstić information content (AvgIpc) is 2.23. The number of hydrogen-bond acceptors (Lipinski definition) is 0. The Hall–Kier alpha value is -0.850. The first kappa shape index (κ1) is 11.2. The Morgan fingerprint density at radius 3 is 2.64 bits per heavy atom. The van der Waals surface area contributed by atoms with Crippen molar-refractivity contribution in [2.45, 2.75) is 46.0 Å². The summed E-state index contributed by atoms with van der Waals surface area (Å²) in [6.45, 7) is 6.18. The molecule has 1 atom stereocenters. The zero-order chi connectivity index (χ0) is 10.6. The first-order valence-corrected chi connectivity index (χ1v) is 5.56. The molecule has 1 aromatic carbocycles. The molecule has 78 valence electrons. The van der Waals surface area contributed by atoms with Crippen LogP contribution in [0.4, 0.5) is 4.39 Å². The lowest BCUT2D eigenvalue weighted by molar-refractivity contribution is 0.543. The SMILES string of the molecule is CC.CC1CCCc2c(F)cccc21. The van der Waals surface area contributed by atoms with Crippen LogP contribution in [0.25, 0.3) is 0 Å². The minimum absolute atomic E-state index is 0.0148. The maximum Gasteiger partial charge on any atom is 0.126 e. The van der Waals surface area contributed by atoms with Gasteiger partial charge in [-0.15, -0.1) is 0 Å². The van der Waals surface area contributed by atoms with Crippen LogP contribution in [-0.2, 0) is 6.42 Å². The number of hydrogen-bond donors (Lipinski definition) is 0. The molecule has 1 aliphatic carbocycles. The van der Waals surface area contributed by atoms with Crippen molar-refractivity contribution < 1.29 is 4.39 Å². The van der Waals surface area contributed by atoms with E-state index in [1.807, 2.05) is 19.9 Å². The minimum atomic E-state index is -0.0148. The molecule has 1 unspecified atom stereocenters. The van der Waals surface area contributed by atoms with Crippen molar-refractivity contribution in [3.05, 3.63) is 35.1 Å². The molecule has 0 spiro atoms. The van der Waals surface area contributed by atoms with E-state index >= 15 is 0 Å².